The Bertz CT molecular complexity index is 320. The molecule has 2 heteroatoms. The zero-order chi connectivity index (χ0) is 13.3. The number of carbonyl (C=O) groups is 1. The Morgan fingerprint density at radius 1 is 1.47 bits per heavy atom. The zero-order valence-corrected chi connectivity index (χ0v) is 11.6. The fourth-order valence-corrected chi connectivity index (χ4v) is 1.32. The van der Waals surface area contributed by atoms with Crippen molar-refractivity contribution in [1.82, 2.24) is 0 Å². The highest BCUT2D eigenvalue weighted by molar-refractivity contribution is 5.82. The lowest BCUT2D eigenvalue weighted by atomic mass is 9.84. The molecule has 0 amide bonds. The van der Waals surface area contributed by atoms with Crippen molar-refractivity contribution in [1.29, 1.82) is 0 Å². The summed E-state index contributed by atoms with van der Waals surface area (Å²) in [5.41, 5.74) is 1.31. The Labute approximate surface area is 105 Å². The molecule has 1 aliphatic rings. The van der Waals surface area contributed by atoms with Crippen molar-refractivity contribution in [2.75, 3.05) is 6.61 Å². The Hall–Kier alpha value is -1.31. The fraction of sp³-hybridized carbons (Fsp3) is 0.533. The van der Waals surface area contributed by atoms with Crippen LogP contribution in [0.15, 0.2) is 36.0 Å². The Kier molecular flexibility index (Phi) is 7.27. The van der Waals surface area contributed by atoms with Gasteiger partial charge >= 0.3 is 5.97 Å². The molecule has 0 saturated heterocycles. The highest BCUT2D eigenvalue weighted by atomic mass is 16.5. The van der Waals surface area contributed by atoms with E-state index in [1.807, 2.05) is 19.9 Å². The van der Waals surface area contributed by atoms with Crippen LogP contribution in [0.2, 0.25) is 0 Å². The zero-order valence-electron chi connectivity index (χ0n) is 11.6. The molecule has 0 saturated carbocycles. The van der Waals surface area contributed by atoms with Crippen molar-refractivity contribution in [2.45, 2.75) is 41.0 Å². The monoisotopic (exact) mass is 236 g/mol. The fourth-order valence-electron chi connectivity index (χ4n) is 1.32. The standard InChI is InChI=1S/C13H18O2.C2H6/c1-4-15-12(14)6-5-11-7-9-13(2,3)10-8-11;1-2/h5-9H,4,10H2,1-3H3;1-2H3/b6-5+;. The first-order chi connectivity index (χ1) is 8.03. The van der Waals surface area contributed by atoms with Gasteiger partial charge in [-0.1, -0.05) is 45.9 Å². The maximum atomic E-state index is 11.1. The van der Waals surface area contributed by atoms with Crippen LogP contribution in [-0.4, -0.2) is 12.6 Å². The van der Waals surface area contributed by atoms with Gasteiger partial charge in [-0.05, 0) is 30.4 Å². The van der Waals surface area contributed by atoms with Gasteiger partial charge < -0.3 is 4.74 Å². The summed E-state index contributed by atoms with van der Waals surface area (Å²) in [5, 5.41) is 0. The molecule has 0 heterocycles. The molecule has 0 atom stereocenters. The van der Waals surface area contributed by atoms with E-state index < -0.39 is 0 Å². The SMILES string of the molecule is CC.CCOC(=O)/C=C/C1=CCC(C)(C)C=C1. The highest BCUT2D eigenvalue weighted by Crippen LogP contribution is 2.28. The highest BCUT2D eigenvalue weighted by Gasteiger charge is 2.14. The quantitative estimate of drug-likeness (QED) is 0.546. The minimum Gasteiger partial charge on any atom is -0.463 e. The van der Waals surface area contributed by atoms with Crippen LogP contribution in [0.4, 0.5) is 0 Å². The van der Waals surface area contributed by atoms with Gasteiger partial charge in [0.1, 0.15) is 0 Å². The number of hydrogen-bond acceptors (Lipinski definition) is 2. The number of esters is 1. The van der Waals surface area contributed by atoms with E-state index in [0.29, 0.717) is 6.61 Å². The van der Waals surface area contributed by atoms with Crippen molar-refractivity contribution in [3.63, 3.8) is 0 Å². The van der Waals surface area contributed by atoms with Gasteiger partial charge in [0.05, 0.1) is 6.61 Å². The molecule has 0 unspecified atom stereocenters. The lowest BCUT2D eigenvalue weighted by molar-refractivity contribution is -0.137. The molecule has 0 aromatic heterocycles. The average Bonchev–Trinajstić information content (AvgIpc) is 2.31. The van der Waals surface area contributed by atoms with E-state index >= 15 is 0 Å². The molecule has 1 aliphatic carbocycles. The maximum Gasteiger partial charge on any atom is 0.330 e. The third kappa shape index (κ3) is 6.77. The molecule has 0 bridgehead atoms. The first-order valence-corrected chi connectivity index (χ1v) is 6.28. The number of hydrogen-bond donors (Lipinski definition) is 0. The van der Waals surface area contributed by atoms with Crippen LogP contribution in [-0.2, 0) is 9.53 Å². The predicted octanol–water partition coefficient (Wildman–Crippen LogP) is 4.04. The largest absolute Gasteiger partial charge is 0.463 e. The van der Waals surface area contributed by atoms with Crippen molar-refractivity contribution < 1.29 is 9.53 Å². The van der Waals surface area contributed by atoms with E-state index in [4.69, 9.17) is 4.74 Å². The molecule has 96 valence electrons. The molecule has 2 nitrogen and oxygen atoms in total. The summed E-state index contributed by atoms with van der Waals surface area (Å²) < 4.78 is 4.80. The second-order valence-corrected chi connectivity index (χ2v) is 4.32. The topological polar surface area (TPSA) is 26.3 Å². The van der Waals surface area contributed by atoms with Crippen molar-refractivity contribution in [3.05, 3.63) is 36.0 Å². The molecule has 0 spiro atoms. The van der Waals surface area contributed by atoms with Crippen molar-refractivity contribution in [2.24, 2.45) is 5.41 Å². The summed E-state index contributed by atoms with van der Waals surface area (Å²) in [4.78, 5) is 11.1. The van der Waals surface area contributed by atoms with E-state index in [9.17, 15) is 4.79 Å². The molecule has 0 radical (unpaired) electrons. The van der Waals surface area contributed by atoms with Crippen molar-refractivity contribution >= 4 is 5.97 Å². The van der Waals surface area contributed by atoms with Gasteiger partial charge in [0.15, 0.2) is 0 Å². The molecular weight excluding hydrogens is 212 g/mol. The summed E-state index contributed by atoms with van der Waals surface area (Å²) in [6.07, 6.45) is 10.6. The number of rotatable bonds is 3. The number of ether oxygens (including phenoxy) is 1. The van der Waals surface area contributed by atoms with Gasteiger partial charge in [0, 0.05) is 6.08 Å². The van der Waals surface area contributed by atoms with Crippen LogP contribution in [0.5, 0.6) is 0 Å². The van der Waals surface area contributed by atoms with E-state index in [1.165, 1.54) is 6.08 Å². The van der Waals surface area contributed by atoms with E-state index in [2.05, 4.69) is 26.0 Å². The minimum absolute atomic E-state index is 0.237. The molecule has 0 aliphatic heterocycles. The van der Waals surface area contributed by atoms with Crippen LogP contribution < -0.4 is 0 Å². The molecule has 0 aromatic carbocycles. The number of carbonyl (C=O) groups excluding carboxylic acids is 1. The normalized spacial score (nSPS) is 17.1. The van der Waals surface area contributed by atoms with Gasteiger partial charge in [-0.25, -0.2) is 4.79 Å². The second kappa shape index (κ2) is 7.88. The molecule has 0 aromatic rings. The lowest BCUT2D eigenvalue weighted by Crippen LogP contribution is -2.08. The van der Waals surface area contributed by atoms with Gasteiger partial charge in [0.25, 0.3) is 0 Å². The number of allylic oxidation sites excluding steroid dienone is 5. The summed E-state index contributed by atoms with van der Waals surface area (Å²) in [5.74, 6) is -0.281. The third-order valence-corrected chi connectivity index (χ3v) is 2.29. The van der Waals surface area contributed by atoms with Gasteiger partial charge in [-0.15, -0.1) is 0 Å². The van der Waals surface area contributed by atoms with Crippen LogP contribution in [0.25, 0.3) is 0 Å². The first kappa shape index (κ1) is 15.7. The molecule has 17 heavy (non-hydrogen) atoms. The molecule has 1 rings (SSSR count). The maximum absolute atomic E-state index is 11.1. The lowest BCUT2D eigenvalue weighted by Gasteiger charge is -2.21. The molecular formula is C15H24O2. The van der Waals surface area contributed by atoms with Crippen LogP contribution in [0.3, 0.4) is 0 Å². The van der Waals surface area contributed by atoms with Crippen LogP contribution in [0.1, 0.15) is 41.0 Å². The van der Waals surface area contributed by atoms with E-state index in [0.717, 1.165) is 12.0 Å². The molecule has 0 fully saturated rings. The summed E-state index contributed by atoms with van der Waals surface area (Å²) >= 11 is 0. The van der Waals surface area contributed by atoms with Gasteiger partial charge in [-0.3, -0.25) is 0 Å². The summed E-state index contributed by atoms with van der Waals surface area (Å²) in [6.45, 7) is 10.6. The molecule has 0 N–H and O–H groups in total. The predicted molar refractivity (Wildman–Crippen MR) is 72.7 cm³/mol. The summed E-state index contributed by atoms with van der Waals surface area (Å²) in [6, 6.07) is 0. The van der Waals surface area contributed by atoms with E-state index in [-0.39, 0.29) is 11.4 Å². The Morgan fingerprint density at radius 3 is 2.59 bits per heavy atom. The second-order valence-electron chi connectivity index (χ2n) is 4.32. The minimum atomic E-state index is -0.281. The summed E-state index contributed by atoms with van der Waals surface area (Å²) in [7, 11) is 0. The van der Waals surface area contributed by atoms with E-state index in [1.54, 1.807) is 13.0 Å². The van der Waals surface area contributed by atoms with Gasteiger partial charge in [-0.2, -0.15) is 0 Å². The van der Waals surface area contributed by atoms with Crippen molar-refractivity contribution in [3.8, 4) is 0 Å². The third-order valence-electron chi connectivity index (χ3n) is 2.29. The Balaban J connectivity index is 0.00000121. The first-order valence-electron chi connectivity index (χ1n) is 6.28. The smallest absolute Gasteiger partial charge is 0.330 e. The van der Waals surface area contributed by atoms with Crippen LogP contribution in [0, 0.1) is 5.41 Å². The Morgan fingerprint density at radius 2 is 2.12 bits per heavy atom. The van der Waals surface area contributed by atoms with Crippen LogP contribution >= 0.6 is 0 Å². The van der Waals surface area contributed by atoms with Gasteiger partial charge in [0.2, 0.25) is 0 Å². The average molecular weight is 236 g/mol.